The standard InChI is InChI=1S/C15H14Br2FNO/c1-9(19-2)10-3-6-14(13(17)7-10)20-15-8-11(18)4-5-12(15)16/h3-9,19H,1-2H3. The van der Waals surface area contributed by atoms with Crippen molar-refractivity contribution in [2.45, 2.75) is 13.0 Å². The molecule has 2 aromatic rings. The molecule has 20 heavy (non-hydrogen) atoms. The molecule has 2 rings (SSSR count). The molecule has 0 radical (unpaired) electrons. The lowest BCUT2D eigenvalue weighted by atomic mass is 10.1. The summed E-state index contributed by atoms with van der Waals surface area (Å²) in [5.41, 5.74) is 1.14. The minimum Gasteiger partial charge on any atom is -0.455 e. The number of nitrogens with one attached hydrogen (secondary N) is 1. The van der Waals surface area contributed by atoms with Gasteiger partial charge in [-0.3, -0.25) is 0 Å². The Labute approximate surface area is 134 Å². The Bertz CT molecular complexity index is 619. The Kier molecular flexibility index (Phi) is 5.18. The average Bonchev–Trinajstić information content (AvgIpc) is 2.44. The molecule has 1 N–H and O–H groups in total. The van der Waals surface area contributed by atoms with Gasteiger partial charge in [0.2, 0.25) is 0 Å². The highest BCUT2D eigenvalue weighted by Crippen LogP contribution is 2.35. The van der Waals surface area contributed by atoms with Crippen LogP contribution in [0.5, 0.6) is 11.5 Å². The highest BCUT2D eigenvalue weighted by atomic mass is 79.9. The number of ether oxygens (including phenoxy) is 1. The lowest BCUT2D eigenvalue weighted by Gasteiger charge is -2.14. The normalized spacial score (nSPS) is 12.2. The van der Waals surface area contributed by atoms with Crippen LogP contribution in [0, 0.1) is 5.82 Å². The van der Waals surface area contributed by atoms with Gasteiger partial charge in [0.25, 0.3) is 0 Å². The third-order valence-corrected chi connectivity index (χ3v) is 4.28. The van der Waals surface area contributed by atoms with Crippen molar-refractivity contribution in [3.8, 4) is 11.5 Å². The fraction of sp³-hybridized carbons (Fsp3) is 0.200. The predicted octanol–water partition coefficient (Wildman–Crippen LogP) is 5.42. The Morgan fingerprint density at radius 1 is 1.05 bits per heavy atom. The third-order valence-electron chi connectivity index (χ3n) is 3.00. The fourth-order valence-corrected chi connectivity index (χ4v) is 2.51. The van der Waals surface area contributed by atoms with Gasteiger partial charge in [0, 0.05) is 12.1 Å². The van der Waals surface area contributed by atoms with Crippen LogP contribution in [0.2, 0.25) is 0 Å². The summed E-state index contributed by atoms with van der Waals surface area (Å²) in [6.07, 6.45) is 0. The van der Waals surface area contributed by atoms with E-state index in [9.17, 15) is 4.39 Å². The molecule has 0 spiro atoms. The van der Waals surface area contributed by atoms with E-state index in [1.54, 1.807) is 6.07 Å². The summed E-state index contributed by atoms with van der Waals surface area (Å²) in [6.45, 7) is 2.07. The van der Waals surface area contributed by atoms with Gasteiger partial charge in [0.05, 0.1) is 8.95 Å². The number of benzene rings is 2. The first kappa shape index (κ1) is 15.5. The summed E-state index contributed by atoms with van der Waals surface area (Å²) in [4.78, 5) is 0. The molecule has 2 aromatic carbocycles. The molecule has 0 aliphatic heterocycles. The van der Waals surface area contributed by atoms with Crippen LogP contribution in [0.3, 0.4) is 0 Å². The van der Waals surface area contributed by atoms with Crippen LogP contribution in [0.15, 0.2) is 45.3 Å². The minimum absolute atomic E-state index is 0.251. The fourth-order valence-electron chi connectivity index (χ4n) is 1.71. The molecule has 1 unspecified atom stereocenters. The number of hydrogen-bond donors (Lipinski definition) is 1. The maximum atomic E-state index is 13.2. The van der Waals surface area contributed by atoms with Crippen LogP contribution >= 0.6 is 31.9 Å². The molecule has 0 aliphatic rings. The maximum absolute atomic E-state index is 13.2. The van der Waals surface area contributed by atoms with E-state index in [-0.39, 0.29) is 11.9 Å². The van der Waals surface area contributed by atoms with E-state index in [4.69, 9.17) is 4.74 Å². The van der Waals surface area contributed by atoms with E-state index in [1.807, 2.05) is 25.2 Å². The van der Waals surface area contributed by atoms with Gasteiger partial charge >= 0.3 is 0 Å². The number of rotatable bonds is 4. The van der Waals surface area contributed by atoms with Crippen LogP contribution in [0.25, 0.3) is 0 Å². The summed E-state index contributed by atoms with van der Waals surface area (Å²) in [7, 11) is 1.91. The van der Waals surface area contributed by atoms with E-state index in [1.165, 1.54) is 12.1 Å². The topological polar surface area (TPSA) is 21.3 Å². The zero-order chi connectivity index (χ0) is 14.7. The van der Waals surface area contributed by atoms with E-state index in [2.05, 4.69) is 44.1 Å². The molecule has 0 bridgehead atoms. The second kappa shape index (κ2) is 6.70. The average molecular weight is 403 g/mol. The van der Waals surface area contributed by atoms with Crippen molar-refractivity contribution in [3.63, 3.8) is 0 Å². The van der Waals surface area contributed by atoms with Gasteiger partial charge < -0.3 is 10.1 Å². The first-order valence-electron chi connectivity index (χ1n) is 6.11. The number of halogens is 3. The molecule has 1 atom stereocenters. The van der Waals surface area contributed by atoms with Crippen LogP contribution in [-0.4, -0.2) is 7.05 Å². The molecule has 0 saturated heterocycles. The van der Waals surface area contributed by atoms with Gasteiger partial charge in [-0.2, -0.15) is 0 Å². The zero-order valence-corrected chi connectivity index (χ0v) is 14.3. The lowest BCUT2D eigenvalue weighted by Crippen LogP contribution is -2.12. The van der Waals surface area contributed by atoms with Crippen LogP contribution in [-0.2, 0) is 0 Å². The Balaban J connectivity index is 2.28. The van der Waals surface area contributed by atoms with Gasteiger partial charge in [0.15, 0.2) is 0 Å². The van der Waals surface area contributed by atoms with E-state index >= 15 is 0 Å². The second-order valence-electron chi connectivity index (χ2n) is 4.38. The van der Waals surface area contributed by atoms with E-state index in [0.717, 1.165) is 10.0 Å². The summed E-state index contributed by atoms with van der Waals surface area (Å²) >= 11 is 6.83. The molecule has 0 heterocycles. The molecule has 0 aliphatic carbocycles. The Hall–Kier alpha value is -0.910. The molecule has 106 valence electrons. The largest absolute Gasteiger partial charge is 0.455 e. The van der Waals surface area contributed by atoms with Crippen molar-refractivity contribution in [1.82, 2.24) is 5.32 Å². The predicted molar refractivity (Wildman–Crippen MR) is 85.8 cm³/mol. The second-order valence-corrected chi connectivity index (χ2v) is 6.09. The molecule has 5 heteroatoms. The number of hydrogen-bond acceptors (Lipinski definition) is 2. The molecular formula is C15H14Br2FNO. The van der Waals surface area contributed by atoms with Crippen molar-refractivity contribution in [2.75, 3.05) is 7.05 Å². The molecule has 0 fully saturated rings. The van der Waals surface area contributed by atoms with Crippen LogP contribution in [0.1, 0.15) is 18.5 Å². The lowest BCUT2D eigenvalue weighted by molar-refractivity contribution is 0.470. The smallest absolute Gasteiger partial charge is 0.144 e. The highest BCUT2D eigenvalue weighted by Gasteiger charge is 2.10. The van der Waals surface area contributed by atoms with E-state index in [0.29, 0.717) is 16.0 Å². The van der Waals surface area contributed by atoms with Gasteiger partial charge in [-0.25, -0.2) is 4.39 Å². The Morgan fingerprint density at radius 2 is 1.80 bits per heavy atom. The van der Waals surface area contributed by atoms with Crippen molar-refractivity contribution < 1.29 is 9.13 Å². The van der Waals surface area contributed by atoms with E-state index < -0.39 is 0 Å². The van der Waals surface area contributed by atoms with Gasteiger partial charge in [0.1, 0.15) is 17.3 Å². The minimum atomic E-state index is -0.334. The van der Waals surface area contributed by atoms with Crippen molar-refractivity contribution >= 4 is 31.9 Å². The zero-order valence-electron chi connectivity index (χ0n) is 11.1. The molecule has 2 nitrogen and oxygen atoms in total. The highest BCUT2D eigenvalue weighted by molar-refractivity contribution is 9.11. The van der Waals surface area contributed by atoms with Crippen LogP contribution < -0.4 is 10.1 Å². The first-order chi connectivity index (χ1) is 9.51. The van der Waals surface area contributed by atoms with Crippen molar-refractivity contribution in [3.05, 3.63) is 56.7 Å². The van der Waals surface area contributed by atoms with Crippen molar-refractivity contribution in [1.29, 1.82) is 0 Å². The van der Waals surface area contributed by atoms with Gasteiger partial charge in [-0.05, 0) is 75.7 Å². The first-order valence-corrected chi connectivity index (χ1v) is 7.69. The van der Waals surface area contributed by atoms with Gasteiger partial charge in [-0.1, -0.05) is 6.07 Å². The maximum Gasteiger partial charge on any atom is 0.144 e. The quantitative estimate of drug-likeness (QED) is 0.736. The Morgan fingerprint density at radius 3 is 2.45 bits per heavy atom. The summed E-state index contributed by atoms with van der Waals surface area (Å²) < 4.78 is 20.5. The SMILES string of the molecule is CNC(C)c1ccc(Oc2cc(F)ccc2Br)c(Br)c1. The summed E-state index contributed by atoms with van der Waals surface area (Å²) in [6, 6.07) is 10.4. The monoisotopic (exact) mass is 401 g/mol. The molecule has 0 aromatic heterocycles. The summed E-state index contributed by atoms with van der Waals surface area (Å²) in [5.74, 6) is 0.753. The molecule has 0 saturated carbocycles. The summed E-state index contributed by atoms with van der Waals surface area (Å²) in [5, 5.41) is 3.18. The molecular weight excluding hydrogens is 389 g/mol. The third kappa shape index (κ3) is 3.59. The van der Waals surface area contributed by atoms with Crippen LogP contribution in [0.4, 0.5) is 4.39 Å². The van der Waals surface area contributed by atoms with Gasteiger partial charge in [-0.15, -0.1) is 0 Å². The van der Waals surface area contributed by atoms with Crippen molar-refractivity contribution in [2.24, 2.45) is 0 Å². The molecule has 0 amide bonds.